The summed E-state index contributed by atoms with van der Waals surface area (Å²) in [6, 6.07) is 8.34. The van der Waals surface area contributed by atoms with E-state index in [0.717, 1.165) is 18.4 Å². The Balaban J connectivity index is 0.000000225. The van der Waals surface area contributed by atoms with Crippen molar-refractivity contribution in [1.29, 1.82) is 0 Å². The number of benzene rings is 2. The minimum absolute atomic E-state index is 0.00358. The highest BCUT2D eigenvalue weighted by molar-refractivity contribution is 7.88. The van der Waals surface area contributed by atoms with Crippen LogP contribution in [0.15, 0.2) is 53.9 Å². The molecule has 1 atom stereocenters. The molecule has 0 bridgehead atoms. The molecule has 7 N–H and O–H groups in total. The molecular formula is C40H54F2N10O7S3. The zero-order valence-electron chi connectivity index (χ0n) is 35.3. The number of piperidine rings is 2. The van der Waals surface area contributed by atoms with Gasteiger partial charge in [-0.05, 0) is 73.9 Å². The summed E-state index contributed by atoms with van der Waals surface area (Å²) in [5.41, 5.74) is 19.5. The number of sulfonamides is 2. The molecule has 2 aromatic heterocycles. The van der Waals surface area contributed by atoms with Crippen LogP contribution >= 0.6 is 0 Å². The second-order valence-corrected chi connectivity index (χ2v) is 20.2. The summed E-state index contributed by atoms with van der Waals surface area (Å²) in [5.74, 6) is -1.28. The molecule has 2 aliphatic heterocycles. The van der Waals surface area contributed by atoms with Gasteiger partial charge in [0.2, 0.25) is 31.2 Å². The Labute approximate surface area is 363 Å². The lowest BCUT2D eigenvalue weighted by atomic mass is 9.98. The molecule has 0 amide bonds. The topological polar surface area (TPSA) is 268 Å². The van der Waals surface area contributed by atoms with Gasteiger partial charge in [0.05, 0.1) is 34.4 Å². The number of carbonyl (C=O) groups is 2. The van der Waals surface area contributed by atoms with Crippen molar-refractivity contribution >= 4 is 60.0 Å². The first kappa shape index (κ1) is 49.8. The third-order valence-corrected chi connectivity index (χ3v) is 13.9. The molecule has 2 aliphatic rings. The van der Waals surface area contributed by atoms with Crippen molar-refractivity contribution in [2.45, 2.75) is 76.5 Å². The first-order valence-corrected chi connectivity index (χ1v) is 24.9. The van der Waals surface area contributed by atoms with Gasteiger partial charge in [0.25, 0.3) is 0 Å². The van der Waals surface area contributed by atoms with E-state index >= 15 is 0 Å². The zero-order valence-corrected chi connectivity index (χ0v) is 37.8. The average molecular weight is 921 g/mol. The van der Waals surface area contributed by atoms with Gasteiger partial charge in [0.15, 0.2) is 11.6 Å². The number of ketones is 2. The van der Waals surface area contributed by atoms with Crippen LogP contribution in [-0.2, 0) is 43.7 Å². The first-order valence-electron chi connectivity index (χ1n) is 19.9. The Morgan fingerprint density at radius 2 is 1.16 bits per heavy atom. The fraction of sp³-hybridized carbons (Fsp3) is 0.450. The summed E-state index contributed by atoms with van der Waals surface area (Å²) in [6.45, 7) is 7.49. The lowest BCUT2D eigenvalue weighted by Crippen LogP contribution is -2.42. The summed E-state index contributed by atoms with van der Waals surface area (Å²) >= 11 is 0. The molecule has 4 heterocycles. The summed E-state index contributed by atoms with van der Waals surface area (Å²) in [5, 5.41) is 3.23. The van der Waals surface area contributed by atoms with E-state index in [1.165, 1.54) is 57.8 Å². The van der Waals surface area contributed by atoms with Crippen molar-refractivity contribution in [2.75, 3.05) is 61.2 Å². The Morgan fingerprint density at radius 3 is 1.56 bits per heavy atom. The van der Waals surface area contributed by atoms with Crippen molar-refractivity contribution in [2.24, 2.45) is 5.73 Å². The molecule has 1 unspecified atom stereocenters. The smallest absolute Gasteiger partial charge is 0.224 e. The number of hydrogen-bond donors (Lipinski definition) is 4. The Kier molecular flexibility index (Phi) is 17.6. The first-order chi connectivity index (χ1) is 29.2. The van der Waals surface area contributed by atoms with Crippen molar-refractivity contribution in [3.8, 4) is 0 Å². The quantitative estimate of drug-likeness (QED) is 0.117. The van der Waals surface area contributed by atoms with E-state index in [1.54, 1.807) is 19.1 Å². The molecule has 0 saturated carbocycles. The van der Waals surface area contributed by atoms with E-state index < -0.39 is 54.0 Å². The number of halogens is 2. The van der Waals surface area contributed by atoms with Crippen LogP contribution in [0.5, 0.6) is 0 Å². The number of nitrogens with one attached hydrogen (secondary N) is 1. The van der Waals surface area contributed by atoms with Crippen LogP contribution in [0.4, 0.5) is 26.4 Å². The van der Waals surface area contributed by atoms with Gasteiger partial charge < -0.3 is 22.5 Å². The van der Waals surface area contributed by atoms with Crippen LogP contribution in [-0.4, -0.2) is 118 Å². The largest absolute Gasteiger partial charge is 0.383 e. The molecule has 2 fully saturated rings. The molecule has 338 valence electrons. The van der Waals surface area contributed by atoms with Gasteiger partial charge in [-0.15, -0.1) is 0 Å². The number of nitrogens with zero attached hydrogens (tertiary/aromatic N) is 6. The molecule has 17 nitrogen and oxygen atoms in total. The summed E-state index contributed by atoms with van der Waals surface area (Å²) in [4.78, 5) is 41.6. The molecule has 6 rings (SSSR count). The zero-order chi connectivity index (χ0) is 45.9. The van der Waals surface area contributed by atoms with E-state index in [2.05, 4.69) is 25.3 Å². The number of anilines is 3. The van der Waals surface area contributed by atoms with Crippen LogP contribution in [0.1, 0.15) is 89.4 Å². The highest BCUT2D eigenvalue weighted by atomic mass is 32.2. The fourth-order valence-electron chi connectivity index (χ4n) is 6.58. The monoisotopic (exact) mass is 920 g/mol. The predicted octanol–water partition coefficient (Wildman–Crippen LogP) is 3.32. The number of nitrogens with two attached hydrogens (primary N) is 3. The molecule has 0 radical (unpaired) electrons. The summed E-state index contributed by atoms with van der Waals surface area (Å²) in [7, 11) is -7.51. The van der Waals surface area contributed by atoms with Gasteiger partial charge in [-0.3, -0.25) is 13.8 Å². The minimum atomic E-state index is -3.19. The predicted molar refractivity (Wildman–Crippen MR) is 235 cm³/mol. The molecule has 2 aromatic carbocycles. The van der Waals surface area contributed by atoms with Crippen molar-refractivity contribution in [3.63, 3.8) is 0 Å². The van der Waals surface area contributed by atoms with Gasteiger partial charge in [0.1, 0.15) is 23.3 Å². The minimum Gasteiger partial charge on any atom is -0.383 e. The van der Waals surface area contributed by atoms with E-state index in [9.17, 15) is 39.4 Å². The van der Waals surface area contributed by atoms with Gasteiger partial charge in [0, 0.05) is 67.5 Å². The second kappa shape index (κ2) is 22.0. The van der Waals surface area contributed by atoms with Gasteiger partial charge in [-0.1, -0.05) is 32.9 Å². The Hall–Kier alpha value is -4.87. The van der Waals surface area contributed by atoms with Gasteiger partial charge in [-0.25, -0.2) is 49.2 Å². The number of carbonyl (C=O) groups excluding carboxylic acids is 2. The summed E-state index contributed by atoms with van der Waals surface area (Å²) in [6.07, 6.45) is 8.97. The number of nitrogen functional groups attached to an aromatic ring is 2. The maximum atomic E-state index is 13.6. The highest BCUT2D eigenvalue weighted by Gasteiger charge is 2.26. The number of rotatable bonds is 12. The fourth-order valence-corrected chi connectivity index (χ4v) is 8.96. The second-order valence-electron chi connectivity index (χ2n) is 14.6. The molecule has 0 aliphatic carbocycles. The van der Waals surface area contributed by atoms with Gasteiger partial charge in [-0.2, -0.15) is 4.98 Å². The number of aromatic nitrogens is 4. The number of aryl methyl sites for hydroxylation is 2. The van der Waals surface area contributed by atoms with E-state index in [1.807, 2.05) is 13.8 Å². The molecular weight excluding hydrogens is 867 g/mol. The molecule has 62 heavy (non-hydrogen) atoms. The summed E-state index contributed by atoms with van der Waals surface area (Å²) < 4.78 is 86.8. The lowest BCUT2D eigenvalue weighted by molar-refractivity contribution is 0.103. The SMILES string of the molecule is CCc1ccc(F)cc1C(=O)c1cnc(NC2CCN(S(C)(=O)=O)CC2)nc1N.CCc1ccc(F)cc1C(=O)c1cnc(S(=O)CC)nc1N.CS(=O)(=O)N1CCC(N)CC1. The van der Waals surface area contributed by atoms with E-state index in [-0.39, 0.29) is 57.1 Å². The normalized spacial score (nSPS) is 16.0. The number of hydrogen-bond acceptors (Lipinski definition) is 15. The Bertz CT molecular complexity index is 2480. The Morgan fingerprint density at radius 1 is 0.726 bits per heavy atom. The van der Waals surface area contributed by atoms with Crippen LogP contribution < -0.4 is 22.5 Å². The third kappa shape index (κ3) is 13.6. The van der Waals surface area contributed by atoms with Gasteiger partial charge >= 0.3 is 0 Å². The van der Waals surface area contributed by atoms with Crippen molar-refractivity contribution in [1.82, 2.24) is 28.5 Å². The molecule has 0 spiro atoms. The van der Waals surface area contributed by atoms with Crippen LogP contribution in [0.3, 0.4) is 0 Å². The van der Waals surface area contributed by atoms with E-state index in [0.29, 0.717) is 63.2 Å². The maximum Gasteiger partial charge on any atom is 0.224 e. The molecule has 4 aromatic rings. The van der Waals surface area contributed by atoms with Crippen LogP contribution in [0.2, 0.25) is 0 Å². The lowest BCUT2D eigenvalue weighted by Gasteiger charge is -2.30. The van der Waals surface area contributed by atoms with Crippen molar-refractivity contribution < 1.29 is 39.4 Å². The third-order valence-electron chi connectivity index (χ3n) is 10.2. The standard InChI is InChI=1S/C19H24FN5O3S.C15H16FN3O2S.C6H14N2O2S/c1-3-12-4-5-13(20)10-15(12)17(26)16-11-22-19(24-18(16)21)23-14-6-8-25(9-7-14)29(2,27)28;1-3-9-5-6-10(16)7-11(9)13(20)12-8-18-15(19-14(12)17)22(21)4-2;1-11(9,10)8-4-2-6(7)3-5-8/h4-5,10-11,14H,3,6-9H2,1-2H3,(H3,21,22,23,24);5-8H,3-4H2,1-2H3,(H2,17,18,19);6H,2-5,7H2,1H3. The highest BCUT2D eigenvalue weighted by Crippen LogP contribution is 2.23. The average Bonchev–Trinajstić information content (AvgIpc) is 3.23. The van der Waals surface area contributed by atoms with E-state index in [4.69, 9.17) is 17.2 Å². The molecule has 22 heteroatoms. The van der Waals surface area contributed by atoms with Crippen LogP contribution in [0.25, 0.3) is 0 Å². The van der Waals surface area contributed by atoms with Crippen molar-refractivity contribution in [3.05, 3.63) is 93.8 Å². The van der Waals surface area contributed by atoms with Crippen LogP contribution in [0, 0.1) is 11.6 Å². The maximum absolute atomic E-state index is 13.6. The molecule has 2 saturated heterocycles.